The summed E-state index contributed by atoms with van der Waals surface area (Å²) < 4.78 is 46.2. The molecule has 0 aliphatic rings. The molecule has 0 aliphatic heterocycles. The summed E-state index contributed by atoms with van der Waals surface area (Å²) in [5, 5.41) is 0.503. The molecule has 1 heterocycles. The minimum Gasteiger partial charge on any atom is -0.470 e. The monoisotopic (exact) mass is 352 g/mol. The molecule has 23 heavy (non-hydrogen) atoms. The molecule has 1 aromatic heterocycles. The molecule has 2 aromatic carbocycles. The van der Waals surface area contributed by atoms with Gasteiger partial charge in [-0.1, -0.05) is 11.3 Å². The normalized spacial score (nSPS) is 11.6. The summed E-state index contributed by atoms with van der Waals surface area (Å²) in [5.41, 5.74) is 0.977. The molecule has 0 aliphatic carbocycles. The van der Waals surface area contributed by atoms with E-state index < -0.39 is 15.8 Å². The minimum absolute atomic E-state index is 0.112. The van der Waals surface area contributed by atoms with Crippen LogP contribution in [0.1, 0.15) is 6.92 Å². The van der Waals surface area contributed by atoms with Gasteiger partial charge in [0.2, 0.25) is 0 Å². The Morgan fingerprint density at radius 1 is 1.22 bits per heavy atom. The van der Waals surface area contributed by atoms with Crippen molar-refractivity contribution >= 4 is 37.3 Å². The molecule has 0 bridgehead atoms. The second-order valence-electron chi connectivity index (χ2n) is 4.65. The third-order valence-electron chi connectivity index (χ3n) is 3.01. The Morgan fingerprint density at radius 3 is 2.65 bits per heavy atom. The van der Waals surface area contributed by atoms with Crippen LogP contribution >= 0.6 is 11.3 Å². The number of halogens is 1. The van der Waals surface area contributed by atoms with Crippen LogP contribution in [0.2, 0.25) is 0 Å². The molecule has 0 fully saturated rings. The molecule has 1 N–H and O–H groups in total. The molecule has 0 radical (unpaired) electrons. The Kier molecular flexibility index (Phi) is 4.18. The van der Waals surface area contributed by atoms with Crippen LogP contribution in [0.25, 0.3) is 10.2 Å². The molecule has 120 valence electrons. The predicted molar refractivity (Wildman–Crippen MR) is 88.0 cm³/mol. The fourth-order valence-corrected chi connectivity index (χ4v) is 4.04. The first-order chi connectivity index (χ1) is 11.0. The first-order valence-electron chi connectivity index (χ1n) is 6.80. The smallest absolute Gasteiger partial charge is 0.274 e. The predicted octanol–water partition coefficient (Wildman–Crippen LogP) is 3.63. The van der Waals surface area contributed by atoms with Crippen LogP contribution in [0.4, 0.5) is 10.1 Å². The van der Waals surface area contributed by atoms with Crippen LogP contribution in [0.5, 0.6) is 5.19 Å². The van der Waals surface area contributed by atoms with Gasteiger partial charge in [-0.3, -0.25) is 4.72 Å². The van der Waals surface area contributed by atoms with Gasteiger partial charge in [-0.25, -0.2) is 17.8 Å². The van der Waals surface area contributed by atoms with E-state index in [1.165, 1.54) is 41.7 Å². The zero-order chi connectivity index (χ0) is 16.4. The summed E-state index contributed by atoms with van der Waals surface area (Å²) >= 11 is 1.29. The molecule has 0 saturated heterocycles. The lowest BCUT2D eigenvalue weighted by molar-refractivity contribution is 0.339. The number of aromatic nitrogens is 1. The highest BCUT2D eigenvalue weighted by Crippen LogP contribution is 2.30. The van der Waals surface area contributed by atoms with E-state index in [4.69, 9.17) is 4.74 Å². The van der Waals surface area contributed by atoms with Gasteiger partial charge in [0.25, 0.3) is 15.2 Å². The summed E-state index contributed by atoms with van der Waals surface area (Å²) in [5.74, 6) is -0.428. The molecular weight excluding hydrogens is 339 g/mol. The number of anilines is 1. The van der Waals surface area contributed by atoms with Crippen molar-refractivity contribution in [2.45, 2.75) is 11.8 Å². The van der Waals surface area contributed by atoms with Crippen molar-refractivity contribution in [1.29, 1.82) is 0 Å². The number of nitrogens with zero attached hydrogens (tertiary/aromatic N) is 1. The van der Waals surface area contributed by atoms with Gasteiger partial charge >= 0.3 is 0 Å². The van der Waals surface area contributed by atoms with E-state index in [-0.39, 0.29) is 4.90 Å². The Bertz CT molecular complexity index is 937. The van der Waals surface area contributed by atoms with E-state index in [1.54, 1.807) is 12.1 Å². The van der Waals surface area contributed by atoms with Crippen molar-refractivity contribution in [2.75, 3.05) is 11.3 Å². The lowest BCUT2D eigenvalue weighted by Crippen LogP contribution is -2.12. The molecule has 3 rings (SSSR count). The van der Waals surface area contributed by atoms with Crippen LogP contribution in [-0.2, 0) is 10.0 Å². The van der Waals surface area contributed by atoms with Gasteiger partial charge in [-0.15, -0.1) is 0 Å². The second-order valence-corrected chi connectivity index (χ2v) is 7.33. The zero-order valence-corrected chi connectivity index (χ0v) is 13.7. The average Bonchev–Trinajstić information content (AvgIpc) is 2.91. The van der Waals surface area contributed by atoms with Gasteiger partial charge < -0.3 is 4.74 Å². The summed E-state index contributed by atoms with van der Waals surface area (Å²) in [7, 11) is -3.76. The van der Waals surface area contributed by atoms with E-state index in [1.807, 2.05) is 6.92 Å². The Morgan fingerprint density at radius 2 is 1.96 bits per heavy atom. The minimum atomic E-state index is -3.76. The van der Waals surface area contributed by atoms with Gasteiger partial charge in [-0.2, -0.15) is 0 Å². The average molecular weight is 352 g/mol. The largest absolute Gasteiger partial charge is 0.470 e. The van der Waals surface area contributed by atoms with E-state index >= 15 is 0 Å². The second kappa shape index (κ2) is 6.13. The van der Waals surface area contributed by atoms with Crippen LogP contribution in [0.15, 0.2) is 47.4 Å². The van der Waals surface area contributed by atoms with Gasteiger partial charge in [0.05, 0.1) is 21.7 Å². The molecular formula is C15H13FN2O3S2. The molecule has 0 amide bonds. The first-order valence-corrected chi connectivity index (χ1v) is 9.09. The van der Waals surface area contributed by atoms with Crippen LogP contribution < -0.4 is 9.46 Å². The number of thiazole rings is 1. The zero-order valence-electron chi connectivity index (χ0n) is 12.1. The number of ether oxygens (including phenoxy) is 1. The fraction of sp³-hybridized carbons (Fsp3) is 0.133. The third-order valence-corrected chi connectivity index (χ3v) is 5.32. The van der Waals surface area contributed by atoms with Crippen LogP contribution in [0.3, 0.4) is 0 Å². The molecule has 0 unspecified atom stereocenters. The topological polar surface area (TPSA) is 68.3 Å². The van der Waals surface area contributed by atoms with Crippen LogP contribution in [0, 0.1) is 5.82 Å². The number of fused-ring (bicyclic) bond motifs is 1. The lowest BCUT2D eigenvalue weighted by Gasteiger charge is -2.07. The SMILES string of the molecule is CCOc1nc2ccc(S(=O)(=O)Nc3ccc(F)cc3)cc2s1. The number of hydrogen-bond donors (Lipinski definition) is 1. The maximum Gasteiger partial charge on any atom is 0.274 e. The standard InChI is InChI=1S/C15H13FN2O3S2/c1-2-21-15-17-13-8-7-12(9-14(13)22-15)23(19,20)18-11-5-3-10(16)4-6-11/h3-9,18H,2H2,1H3. The van der Waals surface area contributed by atoms with Crippen molar-refractivity contribution in [3.63, 3.8) is 0 Å². The number of rotatable bonds is 5. The summed E-state index contributed by atoms with van der Waals surface area (Å²) in [6.45, 7) is 2.35. The third kappa shape index (κ3) is 3.43. The molecule has 0 atom stereocenters. The van der Waals surface area contributed by atoms with Crippen molar-refractivity contribution < 1.29 is 17.5 Å². The lowest BCUT2D eigenvalue weighted by atomic mass is 10.3. The van der Waals surface area contributed by atoms with Gasteiger partial charge in [-0.05, 0) is 49.4 Å². The molecule has 3 aromatic rings. The highest BCUT2D eigenvalue weighted by Gasteiger charge is 2.16. The summed E-state index contributed by atoms with van der Waals surface area (Å²) in [6, 6.07) is 9.77. The fourth-order valence-electron chi connectivity index (χ4n) is 1.97. The molecule has 5 nitrogen and oxygen atoms in total. The Labute approximate surface area is 136 Å². The maximum atomic E-state index is 12.9. The van der Waals surface area contributed by atoms with Crippen molar-refractivity contribution in [3.8, 4) is 5.19 Å². The van der Waals surface area contributed by atoms with E-state index in [2.05, 4.69) is 9.71 Å². The number of nitrogens with one attached hydrogen (secondary N) is 1. The molecule has 8 heteroatoms. The van der Waals surface area contributed by atoms with E-state index in [9.17, 15) is 12.8 Å². The molecule has 0 saturated carbocycles. The van der Waals surface area contributed by atoms with Crippen molar-refractivity contribution in [3.05, 3.63) is 48.3 Å². The quantitative estimate of drug-likeness (QED) is 0.761. The number of benzene rings is 2. The van der Waals surface area contributed by atoms with Gasteiger partial charge in [0, 0.05) is 5.69 Å². The highest BCUT2D eigenvalue weighted by atomic mass is 32.2. The maximum absolute atomic E-state index is 12.9. The highest BCUT2D eigenvalue weighted by molar-refractivity contribution is 7.92. The summed E-state index contributed by atoms with van der Waals surface area (Å²) in [4.78, 5) is 4.37. The van der Waals surface area contributed by atoms with Crippen molar-refractivity contribution in [1.82, 2.24) is 4.98 Å². The van der Waals surface area contributed by atoms with Gasteiger partial charge in [0.1, 0.15) is 5.82 Å². The van der Waals surface area contributed by atoms with E-state index in [0.29, 0.717) is 23.0 Å². The Hall–Kier alpha value is -2.19. The first kappa shape index (κ1) is 15.7. The number of sulfonamides is 1. The van der Waals surface area contributed by atoms with Gasteiger partial charge in [0.15, 0.2) is 0 Å². The molecule has 0 spiro atoms. The summed E-state index contributed by atoms with van der Waals surface area (Å²) in [6.07, 6.45) is 0. The Balaban J connectivity index is 1.92. The number of hydrogen-bond acceptors (Lipinski definition) is 5. The van der Waals surface area contributed by atoms with Crippen molar-refractivity contribution in [2.24, 2.45) is 0 Å². The van der Waals surface area contributed by atoms with Crippen LogP contribution in [-0.4, -0.2) is 20.0 Å². The van der Waals surface area contributed by atoms with E-state index in [0.717, 1.165) is 4.70 Å².